The van der Waals surface area contributed by atoms with Gasteiger partial charge in [0.25, 0.3) is 0 Å². The SMILES string of the molecule is CCOC(=O)[C@H]1CCCN(CC(=O)NC(C)CC)C1. The molecule has 2 atom stereocenters. The molecule has 1 heterocycles. The van der Waals surface area contributed by atoms with Crippen molar-refractivity contribution in [2.75, 3.05) is 26.2 Å². The maximum atomic E-state index is 11.8. The van der Waals surface area contributed by atoms with Crippen molar-refractivity contribution in [1.29, 1.82) is 0 Å². The lowest BCUT2D eigenvalue weighted by Gasteiger charge is -2.31. The topological polar surface area (TPSA) is 58.6 Å². The Morgan fingerprint density at radius 1 is 1.42 bits per heavy atom. The smallest absolute Gasteiger partial charge is 0.310 e. The van der Waals surface area contributed by atoms with Crippen LogP contribution in [-0.2, 0) is 14.3 Å². The molecule has 1 N–H and O–H groups in total. The molecule has 110 valence electrons. The molecule has 1 rings (SSSR count). The van der Waals surface area contributed by atoms with E-state index in [0.29, 0.717) is 19.7 Å². The maximum Gasteiger partial charge on any atom is 0.310 e. The van der Waals surface area contributed by atoms with E-state index < -0.39 is 0 Å². The first-order chi connectivity index (χ1) is 9.06. The van der Waals surface area contributed by atoms with Crippen LogP contribution in [0.25, 0.3) is 0 Å². The third kappa shape index (κ3) is 5.59. The van der Waals surface area contributed by atoms with E-state index in [1.165, 1.54) is 0 Å². The van der Waals surface area contributed by atoms with Gasteiger partial charge < -0.3 is 10.1 Å². The van der Waals surface area contributed by atoms with Gasteiger partial charge in [-0.25, -0.2) is 0 Å². The molecule has 1 unspecified atom stereocenters. The van der Waals surface area contributed by atoms with Crippen molar-refractivity contribution < 1.29 is 14.3 Å². The van der Waals surface area contributed by atoms with Crippen molar-refractivity contribution in [2.45, 2.75) is 46.1 Å². The van der Waals surface area contributed by atoms with Gasteiger partial charge in [-0.3, -0.25) is 14.5 Å². The lowest BCUT2D eigenvalue weighted by molar-refractivity contribution is -0.150. The van der Waals surface area contributed by atoms with Crippen LogP contribution in [0.2, 0.25) is 0 Å². The van der Waals surface area contributed by atoms with E-state index in [1.807, 2.05) is 25.7 Å². The van der Waals surface area contributed by atoms with Crippen LogP contribution >= 0.6 is 0 Å². The number of amides is 1. The lowest BCUT2D eigenvalue weighted by Crippen LogP contribution is -2.46. The molecule has 0 aromatic heterocycles. The zero-order valence-electron chi connectivity index (χ0n) is 12.3. The summed E-state index contributed by atoms with van der Waals surface area (Å²) >= 11 is 0. The van der Waals surface area contributed by atoms with Gasteiger partial charge in [0, 0.05) is 12.6 Å². The van der Waals surface area contributed by atoms with Crippen molar-refractivity contribution in [3.63, 3.8) is 0 Å². The number of hydrogen-bond donors (Lipinski definition) is 1. The second-order valence-corrected chi connectivity index (χ2v) is 5.20. The number of carbonyl (C=O) groups is 2. The second kappa shape index (κ2) is 8.15. The van der Waals surface area contributed by atoms with Gasteiger partial charge >= 0.3 is 5.97 Å². The average molecular weight is 270 g/mol. The first-order valence-electron chi connectivity index (χ1n) is 7.25. The first kappa shape index (κ1) is 16.0. The van der Waals surface area contributed by atoms with Gasteiger partial charge in [0.15, 0.2) is 0 Å². The molecule has 0 aromatic rings. The molecule has 0 spiro atoms. The minimum absolute atomic E-state index is 0.0406. The molecule has 1 aliphatic rings. The monoisotopic (exact) mass is 270 g/mol. The third-order valence-corrected chi connectivity index (χ3v) is 3.51. The number of carbonyl (C=O) groups excluding carboxylic acids is 2. The Morgan fingerprint density at radius 2 is 2.16 bits per heavy atom. The predicted molar refractivity (Wildman–Crippen MR) is 73.7 cm³/mol. The van der Waals surface area contributed by atoms with Crippen molar-refractivity contribution in [3.05, 3.63) is 0 Å². The maximum absolute atomic E-state index is 11.8. The molecule has 1 amide bonds. The van der Waals surface area contributed by atoms with E-state index >= 15 is 0 Å². The van der Waals surface area contributed by atoms with Crippen molar-refractivity contribution in [3.8, 4) is 0 Å². The van der Waals surface area contributed by atoms with Crippen LogP contribution in [0.5, 0.6) is 0 Å². The number of rotatable bonds is 6. The Morgan fingerprint density at radius 3 is 2.79 bits per heavy atom. The second-order valence-electron chi connectivity index (χ2n) is 5.20. The summed E-state index contributed by atoms with van der Waals surface area (Å²) in [5.74, 6) is -0.168. The zero-order valence-corrected chi connectivity index (χ0v) is 12.3. The summed E-state index contributed by atoms with van der Waals surface area (Å²) in [6.07, 6.45) is 2.74. The quantitative estimate of drug-likeness (QED) is 0.736. The highest BCUT2D eigenvalue weighted by atomic mass is 16.5. The fraction of sp³-hybridized carbons (Fsp3) is 0.857. The van der Waals surface area contributed by atoms with Crippen LogP contribution in [0.15, 0.2) is 0 Å². The zero-order chi connectivity index (χ0) is 14.3. The van der Waals surface area contributed by atoms with Crippen molar-refractivity contribution >= 4 is 11.9 Å². The molecule has 0 saturated carbocycles. The normalized spacial score (nSPS) is 21.7. The highest BCUT2D eigenvalue weighted by Crippen LogP contribution is 2.17. The number of ether oxygens (including phenoxy) is 1. The van der Waals surface area contributed by atoms with E-state index in [9.17, 15) is 9.59 Å². The third-order valence-electron chi connectivity index (χ3n) is 3.51. The summed E-state index contributed by atoms with van der Waals surface area (Å²) in [6, 6.07) is 0.207. The van der Waals surface area contributed by atoms with Gasteiger partial charge in [-0.1, -0.05) is 6.92 Å². The van der Waals surface area contributed by atoms with E-state index in [-0.39, 0.29) is 23.8 Å². The Balaban J connectivity index is 2.38. The molecule has 1 aliphatic heterocycles. The Labute approximate surface area is 115 Å². The van der Waals surface area contributed by atoms with Crippen molar-refractivity contribution in [2.24, 2.45) is 5.92 Å². The number of nitrogens with zero attached hydrogens (tertiary/aromatic N) is 1. The Hall–Kier alpha value is -1.10. The molecule has 5 heteroatoms. The van der Waals surface area contributed by atoms with E-state index in [1.54, 1.807) is 0 Å². The molecule has 5 nitrogen and oxygen atoms in total. The molecular formula is C14H26N2O3. The number of esters is 1. The Kier molecular flexibility index (Phi) is 6.84. The van der Waals surface area contributed by atoms with Gasteiger partial charge in [-0.15, -0.1) is 0 Å². The molecule has 0 radical (unpaired) electrons. The number of piperidine rings is 1. The van der Waals surface area contributed by atoms with Crippen LogP contribution in [0.1, 0.15) is 40.0 Å². The summed E-state index contributed by atoms with van der Waals surface area (Å²) < 4.78 is 5.05. The molecular weight excluding hydrogens is 244 g/mol. The number of nitrogens with one attached hydrogen (secondary N) is 1. The summed E-state index contributed by atoms with van der Waals surface area (Å²) in [6.45, 7) is 8.16. The molecule has 19 heavy (non-hydrogen) atoms. The molecule has 1 saturated heterocycles. The van der Waals surface area contributed by atoms with E-state index in [0.717, 1.165) is 25.8 Å². The Bertz CT molecular complexity index is 307. The highest BCUT2D eigenvalue weighted by Gasteiger charge is 2.27. The van der Waals surface area contributed by atoms with Gasteiger partial charge in [0.05, 0.1) is 19.1 Å². The number of hydrogen-bond acceptors (Lipinski definition) is 4. The highest BCUT2D eigenvalue weighted by molar-refractivity contribution is 5.78. The first-order valence-corrected chi connectivity index (χ1v) is 7.25. The fourth-order valence-electron chi connectivity index (χ4n) is 2.28. The average Bonchev–Trinajstić information content (AvgIpc) is 2.39. The standard InChI is InChI=1S/C14H26N2O3/c1-4-11(3)15-13(17)10-16-8-6-7-12(9-16)14(18)19-5-2/h11-12H,4-10H2,1-3H3,(H,15,17)/t11?,12-/m0/s1. The summed E-state index contributed by atoms with van der Waals surface area (Å²) in [5, 5.41) is 2.95. The minimum Gasteiger partial charge on any atom is -0.466 e. The van der Waals surface area contributed by atoms with Crippen LogP contribution < -0.4 is 5.32 Å². The van der Waals surface area contributed by atoms with E-state index in [2.05, 4.69) is 5.32 Å². The molecule has 0 bridgehead atoms. The molecule has 1 fully saturated rings. The van der Waals surface area contributed by atoms with Crippen LogP contribution in [0, 0.1) is 5.92 Å². The van der Waals surface area contributed by atoms with Gasteiger partial charge in [-0.2, -0.15) is 0 Å². The number of likely N-dealkylation sites (tertiary alicyclic amines) is 1. The summed E-state index contributed by atoms with van der Waals surface area (Å²) in [4.78, 5) is 25.6. The van der Waals surface area contributed by atoms with Crippen LogP contribution in [0.3, 0.4) is 0 Å². The van der Waals surface area contributed by atoms with Gasteiger partial charge in [-0.05, 0) is 39.7 Å². The van der Waals surface area contributed by atoms with Crippen molar-refractivity contribution in [1.82, 2.24) is 10.2 Å². The summed E-state index contributed by atoms with van der Waals surface area (Å²) in [5.41, 5.74) is 0. The largest absolute Gasteiger partial charge is 0.466 e. The van der Waals surface area contributed by atoms with Gasteiger partial charge in [0.1, 0.15) is 0 Å². The van der Waals surface area contributed by atoms with Crippen LogP contribution in [-0.4, -0.2) is 49.1 Å². The minimum atomic E-state index is -0.130. The molecule has 0 aromatic carbocycles. The lowest BCUT2D eigenvalue weighted by atomic mass is 9.98. The van der Waals surface area contributed by atoms with Crippen LogP contribution in [0.4, 0.5) is 0 Å². The summed E-state index contributed by atoms with van der Waals surface area (Å²) in [7, 11) is 0. The fourth-order valence-corrected chi connectivity index (χ4v) is 2.28. The van der Waals surface area contributed by atoms with E-state index in [4.69, 9.17) is 4.74 Å². The molecule has 0 aliphatic carbocycles. The predicted octanol–water partition coefficient (Wildman–Crippen LogP) is 1.18. The van der Waals surface area contributed by atoms with Gasteiger partial charge in [0.2, 0.25) is 5.91 Å².